The first-order valence-electron chi connectivity index (χ1n) is 8.15. The maximum Gasteiger partial charge on any atom is 0.161 e. The fraction of sp³-hybridized carbons (Fsp3) is 0.647. The van der Waals surface area contributed by atoms with E-state index in [-0.39, 0.29) is 0 Å². The number of benzene rings is 1. The summed E-state index contributed by atoms with van der Waals surface area (Å²) in [4.78, 5) is 2.61. The first kappa shape index (κ1) is 13.4. The Morgan fingerprint density at radius 3 is 2.71 bits per heavy atom. The Bertz CT molecular complexity index is 512. The lowest BCUT2D eigenvalue weighted by Crippen LogP contribution is -2.38. The number of fused-ring (bicyclic) bond motifs is 1. The van der Waals surface area contributed by atoms with Gasteiger partial charge in [-0.1, -0.05) is 6.07 Å². The Morgan fingerprint density at radius 2 is 1.86 bits per heavy atom. The molecule has 0 amide bonds. The minimum atomic E-state index is 0.582. The van der Waals surface area contributed by atoms with E-state index in [2.05, 4.69) is 28.4 Å². The summed E-state index contributed by atoms with van der Waals surface area (Å²) in [5, 5.41) is 3.49. The van der Waals surface area contributed by atoms with Gasteiger partial charge in [0.1, 0.15) is 13.2 Å². The third kappa shape index (κ3) is 2.74. The molecule has 114 valence electrons. The Balaban J connectivity index is 1.42. The maximum absolute atomic E-state index is 5.69. The summed E-state index contributed by atoms with van der Waals surface area (Å²) in [6.07, 6.45) is 4.04. The highest BCUT2D eigenvalue weighted by Crippen LogP contribution is 2.39. The predicted octanol–water partition coefficient (Wildman–Crippen LogP) is 2.03. The van der Waals surface area contributed by atoms with Crippen LogP contribution < -0.4 is 14.8 Å². The Morgan fingerprint density at radius 1 is 1.05 bits per heavy atom. The maximum atomic E-state index is 5.69. The first-order chi connectivity index (χ1) is 10.3. The molecular weight excluding hydrogens is 264 g/mol. The molecule has 1 spiro atoms. The van der Waals surface area contributed by atoms with Gasteiger partial charge in [-0.25, -0.2) is 0 Å². The molecule has 3 heterocycles. The van der Waals surface area contributed by atoms with E-state index in [0.717, 1.165) is 18.0 Å². The monoisotopic (exact) mass is 288 g/mol. The van der Waals surface area contributed by atoms with E-state index in [4.69, 9.17) is 9.47 Å². The Hall–Kier alpha value is -1.26. The van der Waals surface area contributed by atoms with Crippen LogP contribution in [0.15, 0.2) is 18.2 Å². The molecule has 0 saturated carbocycles. The van der Waals surface area contributed by atoms with Gasteiger partial charge < -0.3 is 14.8 Å². The molecule has 21 heavy (non-hydrogen) atoms. The lowest BCUT2D eigenvalue weighted by molar-refractivity contribution is 0.170. The topological polar surface area (TPSA) is 33.7 Å². The zero-order chi connectivity index (χ0) is 14.1. The molecule has 3 aliphatic heterocycles. The highest BCUT2D eigenvalue weighted by molar-refractivity contribution is 5.43. The van der Waals surface area contributed by atoms with Crippen molar-refractivity contribution >= 4 is 0 Å². The second kappa shape index (κ2) is 5.50. The van der Waals surface area contributed by atoms with E-state index in [1.165, 1.54) is 51.0 Å². The predicted molar refractivity (Wildman–Crippen MR) is 81.9 cm³/mol. The number of hydrogen-bond acceptors (Lipinski definition) is 4. The number of hydrogen-bond donors (Lipinski definition) is 1. The number of nitrogens with zero attached hydrogens (tertiary/aromatic N) is 1. The van der Waals surface area contributed by atoms with E-state index in [9.17, 15) is 0 Å². The van der Waals surface area contributed by atoms with Crippen molar-refractivity contribution in [1.82, 2.24) is 10.2 Å². The summed E-state index contributed by atoms with van der Waals surface area (Å²) in [6, 6.07) is 6.39. The van der Waals surface area contributed by atoms with Crippen LogP contribution in [0.3, 0.4) is 0 Å². The molecule has 1 aromatic rings. The summed E-state index contributed by atoms with van der Waals surface area (Å²) < 4.78 is 11.3. The molecule has 4 nitrogen and oxygen atoms in total. The highest BCUT2D eigenvalue weighted by Gasteiger charge is 2.38. The van der Waals surface area contributed by atoms with Gasteiger partial charge in [-0.15, -0.1) is 0 Å². The minimum Gasteiger partial charge on any atom is -0.486 e. The third-order valence-electron chi connectivity index (χ3n) is 5.19. The molecule has 4 rings (SSSR count). The largest absolute Gasteiger partial charge is 0.486 e. The van der Waals surface area contributed by atoms with E-state index < -0.39 is 0 Å². The number of piperidine rings is 1. The van der Waals surface area contributed by atoms with Gasteiger partial charge in [-0.2, -0.15) is 0 Å². The lowest BCUT2D eigenvalue weighted by atomic mass is 9.78. The molecule has 1 N–H and O–H groups in total. The van der Waals surface area contributed by atoms with Gasteiger partial charge in [0, 0.05) is 13.1 Å². The van der Waals surface area contributed by atoms with Crippen molar-refractivity contribution in [3.05, 3.63) is 23.8 Å². The average molecular weight is 288 g/mol. The van der Waals surface area contributed by atoms with E-state index in [1.807, 2.05) is 0 Å². The smallest absolute Gasteiger partial charge is 0.161 e. The van der Waals surface area contributed by atoms with Gasteiger partial charge in [0.2, 0.25) is 0 Å². The van der Waals surface area contributed by atoms with Crippen molar-refractivity contribution in [3.8, 4) is 11.5 Å². The van der Waals surface area contributed by atoms with Gasteiger partial charge in [0.05, 0.1) is 0 Å². The standard InChI is InChI=1S/C17H24N2O2/c1-2-15-16(21-10-9-20-15)11-14(1)12-19-8-5-17(13-19)3-6-18-7-4-17/h1-2,11,18H,3-10,12-13H2. The molecule has 0 bridgehead atoms. The summed E-state index contributed by atoms with van der Waals surface area (Å²) >= 11 is 0. The van der Waals surface area contributed by atoms with Crippen LogP contribution in [0.25, 0.3) is 0 Å². The zero-order valence-electron chi connectivity index (χ0n) is 12.6. The Labute approximate surface area is 126 Å². The van der Waals surface area contributed by atoms with Crippen molar-refractivity contribution in [2.24, 2.45) is 5.41 Å². The summed E-state index contributed by atoms with van der Waals surface area (Å²) in [5.41, 5.74) is 1.92. The van der Waals surface area contributed by atoms with Crippen LogP contribution in [0, 0.1) is 5.41 Å². The van der Waals surface area contributed by atoms with E-state index in [0.29, 0.717) is 18.6 Å². The normalized spacial score (nSPS) is 24.4. The van der Waals surface area contributed by atoms with Gasteiger partial charge in [0.15, 0.2) is 11.5 Å². The van der Waals surface area contributed by atoms with Crippen molar-refractivity contribution in [2.45, 2.75) is 25.8 Å². The van der Waals surface area contributed by atoms with Crippen LogP contribution in [0.2, 0.25) is 0 Å². The minimum absolute atomic E-state index is 0.582. The van der Waals surface area contributed by atoms with Crippen LogP contribution in [-0.4, -0.2) is 44.3 Å². The van der Waals surface area contributed by atoms with Gasteiger partial charge >= 0.3 is 0 Å². The van der Waals surface area contributed by atoms with Crippen LogP contribution >= 0.6 is 0 Å². The fourth-order valence-electron chi connectivity index (χ4n) is 3.97. The number of nitrogens with one attached hydrogen (secondary N) is 1. The SMILES string of the molecule is c1cc2c(cc1CN1CCC3(CCNCC3)C1)OCCO2. The van der Waals surface area contributed by atoms with Gasteiger partial charge in [-0.05, 0) is 62.0 Å². The molecule has 1 aromatic carbocycles. The quantitative estimate of drug-likeness (QED) is 0.903. The van der Waals surface area contributed by atoms with Crippen LogP contribution in [0.5, 0.6) is 11.5 Å². The molecule has 0 atom stereocenters. The van der Waals surface area contributed by atoms with Crippen molar-refractivity contribution in [2.75, 3.05) is 39.4 Å². The summed E-state index contributed by atoms with van der Waals surface area (Å²) in [6.45, 7) is 7.23. The van der Waals surface area contributed by atoms with Crippen molar-refractivity contribution in [1.29, 1.82) is 0 Å². The molecular formula is C17H24N2O2. The fourth-order valence-corrected chi connectivity index (χ4v) is 3.97. The number of likely N-dealkylation sites (tertiary alicyclic amines) is 1. The second-order valence-electron chi connectivity index (χ2n) is 6.69. The first-order valence-corrected chi connectivity index (χ1v) is 8.15. The molecule has 0 aromatic heterocycles. The van der Waals surface area contributed by atoms with Crippen molar-refractivity contribution < 1.29 is 9.47 Å². The molecule has 0 unspecified atom stereocenters. The molecule has 0 radical (unpaired) electrons. The lowest BCUT2D eigenvalue weighted by Gasteiger charge is -2.34. The molecule has 2 fully saturated rings. The van der Waals surface area contributed by atoms with Crippen LogP contribution in [0.4, 0.5) is 0 Å². The van der Waals surface area contributed by atoms with E-state index >= 15 is 0 Å². The number of rotatable bonds is 2. The summed E-state index contributed by atoms with van der Waals surface area (Å²) in [5.74, 6) is 1.80. The summed E-state index contributed by atoms with van der Waals surface area (Å²) in [7, 11) is 0. The zero-order valence-corrected chi connectivity index (χ0v) is 12.6. The van der Waals surface area contributed by atoms with E-state index in [1.54, 1.807) is 0 Å². The molecule has 2 saturated heterocycles. The molecule has 3 aliphatic rings. The molecule has 4 heteroatoms. The third-order valence-corrected chi connectivity index (χ3v) is 5.19. The average Bonchev–Trinajstić information content (AvgIpc) is 2.90. The second-order valence-corrected chi connectivity index (χ2v) is 6.69. The molecule has 0 aliphatic carbocycles. The van der Waals surface area contributed by atoms with Crippen LogP contribution in [-0.2, 0) is 6.54 Å². The Kier molecular flexibility index (Phi) is 3.51. The highest BCUT2D eigenvalue weighted by atomic mass is 16.6. The van der Waals surface area contributed by atoms with Gasteiger partial charge in [-0.3, -0.25) is 4.90 Å². The van der Waals surface area contributed by atoms with Crippen molar-refractivity contribution in [3.63, 3.8) is 0 Å². The van der Waals surface area contributed by atoms with Gasteiger partial charge in [0.25, 0.3) is 0 Å². The van der Waals surface area contributed by atoms with Crippen LogP contribution in [0.1, 0.15) is 24.8 Å². The number of ether oxygens (including phenoxy) is 2.